The Morgan fingerprint density at radius 1 is 1.70 bits per heavy atom. The monoisotopic (exact) mass is 167 g/mol. The number of likely N-dealkylation sites (N-methyl/N-ethyl adjacent to an activating group) is 1. The predicted octanol–water partition coefficient (Wildman–Crippen LogP) is -0.269. The fourth-order valence-electron chi connectivity index (χ4n) is 0.977. The van der Waals surface area contributed by atoms with E-state index < -0.39 is 0 Å². The maximum atomic E-state index is 8.66. The van der Waals surface area contributed by atoms with Crippen molar-refractivity contribution in [3.8, 4) is 0 Å². The van der Waals surface area contributed by atoms with Gasteiger partial charge in [-0.3, -0.25) is 0 Å². The molecule has 0 radical (unpaired) electrons. The molecule has 0 amide bonds. The summed E-state index contributed by atoms with van der Waals surface area (Å²) in [5.74, 6) is 0. The lowest BCUT2D eigenvalue weighted by molar-refractivity contribution is -0.0453. The maximum absolute atomic E-state index is 8.66. The van der Waals surface area contributed by atoms with Crippen molar-refractivity contribution in [3.05, 3.63) is 0 Å². The Kier molecular flexibility index (Phi) is 4.99. The molecule has 1 saturated heterocycles. The molecular formula is C6H14ClNO2. The van der Waals surface area contributed by atoms with E-state index in [1.54, 1.807) is 0 Å². The molecule has 3 nitrogen and oxygen atoms in total. The summed E-state index contributed by atoms with van der Waals surface area (Å²) in [7, 11) is 2.03. The van der Waals surface area contributed by atoms with Crippen LogP contribution in [0.15, 0.2) is 0 Å². The van der Waals surface area contributed by atoms with Crippen LogP contribution in [0.1, 0.15) is 0 Å². The summed E-state index contributed by atoms with van der Waals surface area (Å²) >= 11 is 0. The van der Waals surface area contributed by atoms with Gasteiger partial charge in [-0.25, -0.2) is 0 Å². The molecule has 4 heteroatoms. The number of nitrogens with zero attached hydrogens (tertiary/aromatic N) is 1. The van der Waals surface area contributed by atoms with Gasteiger partial charge >= 0.3 is 0 Å². The van der Waals surface area contributed by atoms with Gasteiger partial charge in [0.15, 0.2) is 0 Å². The second kappa shape index (κ2) is 4.91. The van der Waals surface area contributed by atoms with Crippen LogP contribution in [0.4, 0.5) is 0 Å². The van der Waals surface area contributed by atoms with Gasteiger partial charge in [0.2, 0.25) is 0 Å². The van der Waals surface area contributed by atoms with Crippen LogP contribution in [0.5, 0.6) is 0 Å². The highest BCUT2D eigenvalue weighted by Crippen LogP contribution is 2.00. The smallest absolute Gasteiger partial charge is 0.0932 e. The van der Waals surface area contributed by atoms with Gasteiger partial charge in [0.05, 0.1) is 19.3 Å². The zero-order valence-corrected chi connectivity index (χ0v) is 6.93. The zero-order chi connectivity index (χ0) is 6.69. The Morgan fingerprint density at radius 3 is 2.80 bits per heavy atom. The Labute approximate surface area is 67.4 Å². The summed E-state index contributed by atoms with van der Waals surface area (Å²) in [5, 5.41) is 8.66. The van der Waals surface area contributed by atoms with Crippen LogP contribution >= 0.6 is 12.4 Å². The third-order valence-electron chi connectivity index (χ3n) is 1.55. The minimum absolute atomic E-state index is 0. The van der Waals surface area contributed by atoms with Crippen molar-refractivity contribution in [1.29, 1.82) is 0 Å². The normalized spacial score (nSPS) is 27.6. The quantitative estimate of drug-likeness (QED) is 0.584. The molecule has 0 bridgehead atoms. The van der Waals surface area contributed by atoms with Gasteiger partial charge in [0.1, 0.15) is 0 Å². The molecule has 1 N–H and O–H groups in total. The van der Waals surface area contributed by atoms with Gasteiger partial charge in [-0.15, -0.1) is 12.4 Å². The third kappa shape index (κ3) is 2.84. The first-order valence-corrected chi connectivity index (χ1v) is 3.24. The Morgan fingerprint density at radius 2 is 2.40 bits per heavy atom. The minimum Gasteiger partial charge on any atom is -0.394 e. The number of aliphatic hydroxyl groups is 1. The number of rotatable bonds is 1. The highest BCUT2D eigenvalue weighted by atomic mass is 35.5. The summed E-state index contributed by atoms with van der Waals surface area (Å²) in [6, 6.07) is 0. The predicted molar refractivity (Wildman–Crippen MR) is 41.6 cm³/mol. The summed E-state index contributed by atoms with van der Waals surface area (Å²) in [4.78, 5) is 2.16. The number of halogens is 1. The summed E-state index contributed by atoms with van der Waals surface area (Å²) in [5.41, 5.74) is 0. The van der Waals surface area contributed by atoms with E-state index in [-0.39, 0.29) is 25.1 Å². The SMILES string of the molecule is CN1CCO[C@@H](CO)C1.Cl. The van der Waals surface area contributed by atoms with Crippen molar-refractivity contribution in [3.63, 3.8) is 0 Å². The summed E-state index contributed by atoms with van der Waals surface area (Å²) in [6.45, 7) is 2.74. The Hall–Kier alpha value is 0.170. The van der Waals surface area contributed by atoms with E-state index in [4.69, 9.17) is 9.84 Å². The van der Waals surface area contributed by atoms with E-state index in [2.05, 4.69) is 4.90 Å². The van der Waals surface area contributed by atoms with Crippen molar-refractivity contribution in [1.82, 2.24) is 4.90 Å². The average Bonchev–Trinajstić information content (AvgIpc) is 1.88. The van der Waals surface area contributed by atoms with Crippen molar-refractivity contribution >= 4 is 12.4 Å². The van der Waals surface area contributed by atoms with E-state index in [0.717, 1.165) is 19.7 Å². The topological polar surface area (TPSA) is 32.7 Å². The van der Waals surface area contributed by atoms with Crippen LogP contribution in [0.3, 0.4) is 0 Å². The molecular weight excluding hydrogens is 154 g/mol. The highest BCUT2D eigenvalue weighted by molar-refractivity contribution is 5.85. The van der Waals surface area contributed by atoms with Crippen LogP contribution in [-0.4, -0.2) is 49.5 Å². The van der Waals surface area contributed by atoms with E-state index in [1.807, 2.05) is 7.05 Å². The van der Waals surface area contributed by atoms with Crippen molar-refractivity contribution in [2.75, 3.05) is 33.4 Å². The van der Waals surface area contributed by atoms with Crippen LogP contribution in [0.25, 0.3) is 0 Å². The van der Waals surface area contributed by atoms with E-state index >= 15 is 0 Å². The molecule has 1 fully saturated rings. The van der Waals surface area contributed by atoms with Gasteiger partial charge in [0, 0.05) is 13.1 Å². The summed E-state index contributed by atoms with van der Waals surface area (Å²) < 4.78 is 5.21. The molecule has 0 aromatic carbocycles. The zero-order valence-electron chi connectivity index (χ0n) is 6.12. The maximum Gasteiger partial charge on any atom is 0.0932 e. The number of hydrogen-bond acceptors (Lipinski definition) is 3. The molecule has 10 heavy (non-hydrogen) atoms. The van der Waals surface area contributed by atoms with Crippen LogP contribution in [-0.2, 0) is 4.74 Å². The number of ether oxygens (including phenoxy) is 1. The largest absolute Gasteiger partial charge is 0.394 e. The van der Waals surface area contributed by atoms with Gasteiger partial charge in [-0.2, -0.15) is 0 Å². The van der Waals surface area contributed by atoms with Gasteiger partial charge in [-0.05, 0) is 7.05 Å². The molecule has 1 aliphatic rings. The number of hydrogen-bond donors (Lipinski definition) is 1. The van der Waals surface area contributed by atoms with Crippen LogP contribution in [0.2, 0.25) is 0 Å². The standard InChI is InChI=1S/C6H13NO2.ClH/c1-7-2-3-9-6(4-7)5-8;/h6,8H,2-5H2,1H3;1H/t6-;/m1./s1. The molecule has 1 rings (SSSR count). The van der Waals surface area contributed by atoms with E-state index in [9.17, 15) is 0 Å². The molecule has 1 atom stereocenters. The van der Waals surface area contributed by atoms with Crippen molar-refractivity contribution < 1.29 is 9.84 Å². The minimum atomic E-state index is 0. The highest BCUT2D eigenvalue weighted by Gasteiger charge is 2.15. The summed E-state index contributed by atoms with van der Waals surface area (Å²) in [6.07, 6.45) is 0.0451. The molecule has 0 saturated carbocycles. The fraction of sp³-hybridized carbons (Fsp3) is 1.00. The lowest BCUT2D eigenvalue weighted by atomic mass is 10.3. The van der Waals surface area contributed by atoms with Gasteiger partial charge < -0.3 is 14.7 Å². The van der Waals surface area contributed by atoms with Crippen LogP contribution in [0, 0.1) is 0 Å². The molecule has 1 heterocycles. The average molecular weight is 168 g/mol. The third-order valence-corrected chi connectivity index (χ3v) is 1.55. The second-order valence-electron chi connectivity index (χ2n) is 2.44. The Balaban J connectivity index is 0.000000810. The molecule has 0 aliphatic carbocycles. The fourth-order valence-corrected chi connectivity index (χ4v) is 0.977. The number of morpholine rings is 1. The Bertz CT molecular complexity index is 91.8. The first kappa shape index (κ1) is 10.2. The van der Waals surface area contributed by atoms with Crippen molar-refractivity contribution in [2.45, 2.75) is 6.10 Å². The van der Waals surface area contributed by atoms with Crippen molar-refractivity contribution in [2.24, 2.45) is 0 Å². The lowest BCUT2D eigenvalue weighted by Crippen LogP contribution is -2.41. The lowest BCUT2D eigenvalue weighted by Gasteiger charge is -2.28. The molecule has 0 spiro atoms. The molecule has 1 aliphatic heterocycles. The van der Waals surface area contributed by atoms with Crippen LogP contribution < -0.4 is 0 Å². The van der Waals surface area contributed by atoms with Gasteiger partial charge in [-0.1, -0.05) is 0 Å². The second-order valence-corrected chi connectivity index (χ2v) is 2.44. The molecule has 0 aromatic heterocycles. The first-order valence-electron chi connectivity index (χ1n) is 3.24. The van der Waals surface area contributed by atoms with E-state index in [0.29, 0.717) is 0 Å². The molecule has 62 valence electrons. The molecule has 0 unspecified atom stereocenters. The first-order chi connectivity index (χ1) is 4.33. The van der Waals surface area contributed by atoms with E-state index in [1.165, 1.54) is 0 Å². The molecule has 0 aromatic rings. The van der Waals surface area contributed by atoms with Gasteiger partial charge in [0.25, 0.3) is 0 Å². The number of aliphatic hydroxyl groups excluding tert-OH is 1.